The molecule has 0 N–H and O–H groups in total. The van der Waals surface area contributed by atoms with Crippen molar-refractivity contribution in [2.75, 3.05) is 0 Å². The van der Waals surface area contributed by atoms with Gasteiger partial charge in [-0.3, -0.25) is 4.79 Å². The molecule has 16 heavy (non-hydrogen) atoms. The number of Topliss-reactive ketones (excluding diaryl/α,β-unsaturated/α-hetero) is 1. The summed E-state index contributed by atoms with van der Waals surface area (Å²) in [4.78, 5) is 11.9. The lowest BCUT2D eigenvalue weighted by atomic mass is 9.94. The topological polar surface area (TPSA) is 17.1 Å². The lowest BCUT2D eigenvalue weighted by molar-refractivity contribution is -0.115. The van der Waals surface area contributed by atoms with Crippen molar-refractivity contribution >= 4 is 5.78 Å². The Morgan fingerprint density at radius 1 is 1.12 bits per heavy atom. The fourth-order valence-electron chi connectivity index (χ4n) is 2.69. The standard InChI is InChI=1S/C15H22O/c16-15(14-10-2-1-3-11-14)12-6-9-13-7-4-5-8-13/h9-10H,1-8,11-12H2. The molecule has 1 nitrogen and oxygen atoms in total. The molecule has 0 bridgehead atoms. The van der Waals surface area contributed by atoms with Gasteiger partial charge in [-0.05, 0) is 63.4 Å². The molecule has 88 valence electrons. The molecule has 0 unspecified atom stereocenters. The zero-order valence-electron chi connectivity index (χ0n) is 10.1. The lowest BCUT2D eigenvalue weighted by Crippen LogP contribution is -2.05. The Bertz CT molecular complexity index is 301. The van der Waals surface area contributed by atoms with Crippen LogP contribution in [0, 0.1) is 0 Å². The van der Waals surface area contributed by atoms with Crippen LogP contribution in [0.25, 0.3) is 0 Å². The summed E-state index contributed by atoms with van der Waals surface area (Å²) in [7, 11) is 0. The van der Waals surface area contributed by atoms with Gasteiger partial charge in [-0.1, -0.05) is 17.7 Å². The van der Waals surface area contributed by atoms with Crippen molar-refractivity contribution in [3.8, 4) is 0 Å². The van der Waals surface area contributed by atoms with Gasteiger partial charge in [-0.15, -0.1) is 0 Å². The number of carbonyl (C=O) groups excluding carboxylic acids is 1. The summed E-state index contributed by atoms with van der Waals surface area (Å²) in [5, 5.41) is 0. The number of ketones is 1. The Morgan fingerprint density at radius 3 is 2.56 bits per heavy atom. The van der Waals surface area contributed by atoms with E-state index in [1.54, 1.807) is 5.57 Å². The van der Waals surface area contributed by atoms with Crippen LogP contribution in [0.4, 0.5) is 0 Å². The van der Waals surface area contributed by atoms with Crippen LogP contribution in [0.5, 0.6) is 0 Å². The molecule has 0 aromatic carbocycles. The minimum absolute atomic E-state index is 0.398. The molecule has 1 saturated carbocycles. The molecule has 0 radical (unpaired) electrons. The second-order valence-electron chi connectivity index (χ2n) is 5.01. The third kappa shape index (κ3) is 3.33. The number of allylic oxidation sites excluding steroid dienone is 4. The molecule has 0 atom stereocenters. The van der Waals surface area contributed by atoms with E-state index in [9.17, 15) is 4.79 Å². The van der Waals surface area contributed by atoms with Crippen LogP contribution >= 0.6 is 0 Å². The van der Waals surface area contributed by atoms with Crippen molar-refractivity contribution in [2.45, 2.75) is 64.2 Å². The third-order valence-corrected chi connectivity index (χ3v) is 3.70. The third-order valence-electron chi connectivity index (χ3n) is 3.70. The Balaban J connectivity index is 1.74. The maximum absolute atomic E-state index is 11.9. The monoisotopic (exact) mass is 218 g/mol. The van der Waals surface area contributed by atoms with Gasteiger partial charge in [0.25, 0.3) is 0 Å². The summed E-state index contributed by atoms with van der Waals surface area (Å²) < 4.78 is 0. The molecule has 0 aliphatic heterocycles. The van der Waals surface area contributed by atoms with Crippen LogP contribution < -0.4 is 0 Å². The fraction of sp³-hybridized carbons (Fsp3) is 0.667. The van der Waals surface area contributed by atoms with Gasteiger partial charge in [-0.2, -0.15) is 0 Å². The van der Waals surface area contributed by atoms with E-state index in [0.29, 0.717) is 5.78 Å². The van der Waals surface area contributed by atoms with Crippen molar-refractivity contribution in [1.82, 2.24) is 0 Å². The zero-order valence-corrected chi connectivity index (χ0v) is 10.1. The summed E-state index contributed by atoms with van der Waals surface area (Å²) in [6, 6.07) is 0. The highest BCUT2D eigenvalue weighted by Gasteiger charge is 2.11. The van der Waals surface area contributed by atoms with E-state index in [2.05, 4.69) is 12.2 Å². The molecule has 0 aromatic rings. The Kier molecular flexibility index (Phi) is 4.38. The molecule has 2 aliphatic carbocycles. The summed E-state index contributed by atoms with van der Waals surface area (Å²) in [6.45, 7) is 0. The highest BCUT2D eigenvalue weighted by Crippen LogP contribution is 2.25. The first-order valence-electron chi connectivity index (χ1n) is 6.76. The molecule has 0 aromatic heterocycles. The molecule has 2 rings (SSSR count). The highest BCUT2D eigenvalue weighted by molar-refractivity contribution is 5.95. The quantitative estimate of drug-likeness (QED) is 0.642. The van der Waals surface area contributed by atoms with Gasteiger partial charge in [0.05, 0.1) is 0 Å². The van der Waals surface area contributed by atoms with Gasteiger partial charge in [0.1, 0.15) is 0 Å². The second-order valence-corrected chi connectivity index (χ2v) is 5.01. The number of rotatable bonds is 4. The predicted octanol–water partition coefficient (Wildman–Crippen LogP) is 4.34. The van der Waals surface area contributed by atoms with E-state index in [0.717, 1.165) is 31.3 Å². The SMILES string of the molecule is O=C(CCC=C1CCCC1)C1=CCCCC1. The first-order chi connectivity index (χ1) is 7.86. The van der Waals surface area contributed by atoms with Gasteiger partial charge < -0.3 is 0 Å². The van der Waals surface area contributed by atoms with Crippen molar-refractivity contribution in [3.63, 3.8) is 0 Å². The minimum Gasteiger partial charge on any atom is -0.295 e. The van der Waals surface area contributed by atoms with Crippen molar-refractivity contribution in [3.05, 3.63) is 23.3 Å². The summed E-state index contributed by atoms with van der Waals surface area (Å²) in [5.41, 5.74) is 2.70. The molecular weight excluding hydrogens is 196 g/mol. The fourth-order valence-corrected chi connectivity index (χ4v) is 2.69. The van der Waals surface area contributed by atoms with Crippen molar-refractivity contribution in [2.24, 2.45) is 0 Å². The first kappa shape index (κ1) is 11.6. The van der Waals surface area contributed by atoms with Gasteiger partial charge in [0, 0.05) is 6.42 Å². The Hall–Kier alpha value is -0.850. The number of hydrogen-bond donors (Lipinski definition) is 0. The van der Waals surface area contributed by atoms with Crippen LogP contribution in [0.1, 0.15) is 64.2 Å². The summed E-state index contributed by atoms with van der Waals surface area (Å²) in [6.07, 6.45) is 16.0. The van der Waals surface area contributed by atoms with Crippen molar-refractivity contribution < 1.29 is 4.79 Å². The second kappa shape index (κ2) is 6.03. The highest BCUT2D eigenvalue weighted by atomic mass is 16.1. The van der Waals surface area contributed by atoms with Gasteiger partial charge in [0.15, 0.2) is 5.78 Å². The Morgan fingerprint density at radius 2 is 1.88 bits per heavy atom. The summed E-state index contributed by atoms with van der Waals surface area (Å²) >= 11 is 0. The normalized spacial score (nSPS) is 20.8. The number of hydrogen-bond acceptors (Lipinski definition) is 1. The van der Waals surface area contributed by atoms with Gasteiger partial charge in [0.2, 0.25) is 0 Å². The van der Waals surface area contributed by atoms with Crippen LogP contribution in [-0.4, -0.2) is 5.78 Å². The molecule has 1 fully saturated rings. The molecule has 2 aliphatic rings. The zero-order chi connectivity index (χ0) is 11.2. The molecule has 0 amide bonds. The van der Waals surface area contributed by atoms with E-state index in [-0.39, 0.29) is 0 Å². The van der Waals surface area contributed by atoms with E-state index in [1.807, 2.05) is 0 Å². The largest absolute Gasteiger partial charge is 0.295 e. The first-order valence-corrected chi connectivity index (χ1v) is 6.76. The van der Waals surface area contributed by atoms with E-state index >= 15 is 0 Å². The van der Waals surface area contributed by atoms with E-state index in [4.69, 9.17) is 0 Å². The van der Waals surface area contributed by atoms with Crippen molar-refractivity contribution in [1.29, 1.82) is 0 Å². The molecular formula is C15H22O. The van der Waals surface area contributed by atoms with E-state index < -0.39 is 0 Å². The van der Waals surface area contributed by atoms with Crippen LogP contribution in [0.3, 0.4) is 0 Å². The van der Waals surface area contributed by atoms with Gasteiger partial charge >= 0.3 is 0 Å². The molecule has 1 heteroatoms. The summed E-state index contributed by atoms with van der Waals surface area (Å²) in [5.74, 6) is 0.398. The molecule has 0 heterocycles. The maximum Gasteiger partial charge on any atom is 0.158 e. The van der Waals surface area contributed by atoms with Crippen LogP contribution in [-0.2, 0) is 4.79 Å². The van der Waals surface area contributed by atoms with E-state index in [1.165, 1.54) is 38.5 Å². The van der Waals surface area contributed by atoms with Crippen LogP contribution in [0.2, 0.25) is 0 Å². The van der Waals surface area contributed by atoms with Gasteiger partial charge in [-0.25, -0.2) is 0 Å². The molecule has 0 saturated heterocycles. The molecule has 0 spiro atoms. The average Bonchev–Trinajstić information content (AvgIpc) is 2.83. The smallest absolute Gasteiger partial charge is 0.158 e. The maximum atomic E-state index is 11.9. The number of carbonyl (C=O) groups is 1. The Labute approximate surface area is 98.6 Å². The van der Waals surface area contributed by atoms with Crippen LogP contribution in [0.15, 0.2) is 23.3 Å². The predicted molar refractivity (Wildman–Crippen MR) is 67.3 cm³/mol. The minimum atomic E-state index is 0.398. The lowest BCUT2D eigenvalue weighted by Gasteiger charge is -2.10. The average molecular weight is 218 g/mol.